The lowest BCUT2D eigenvalue weighted by atomic mass is 10.1. The second kappa shape index (κ2) is 5.02. The molecule has 2 unspecified atom stereocenters. The van der Waals surface area contributed by atoms with Crippen molar-refractivity contribution < 1.29 is 9.18 Å². The Bertz CT molecular complexity index is 439. The highest BCUT2D eigenvalue weighted by atomic mass is 35.5. The summed E-state index contributed by atoms with van der Waals surface area (Å²) >= 11 is 5.98. The summed E-state index contributed by atoms with van der Waals surface area (Å²) in [7, 11) is 0. The molecule has 1 aliphatic heterocycles. The molecular weight excluding hydrogens is 243 g/mol. The Hall–Kier alpha value is -1.13. The predicted molar refractivity (Wildman–Crippen MR) is 64.4 cm³/mol. The summed E-state index contributed by atoms with van der Waals surface area (Å²) in [5, 5.41) is 6.46. The fourth-order valence-corrected chi connectivity index (χ4v) is 2.35. The Morgan fingerprint density at radius 3 is 2.94 bits per heavy atom. The molecule has 1 fully saturated rings. The highest BCUT2D eigenvalue weighted by Gasteiger charge is 2.23. The second-order valence-corrected chi connectivity index (χ2v) is 4.67. The van der Waals surface area contributed by atoms with E-state index in [0.29, 0.717) is 18.0 Å². The molecule has 0 saturated carbocycles. The molecule has 0 bridgehead atoms. The first-order valence-electron chi connectivity index (χ1n) is 5.54. The van der Waals surface area contributed by atoms with Crippen LogP contribution in [0.5, 0.6) is 0 Å². The zero-order valence-corrected chi connectivity index (χ0v) is 10.2. The van der Waals surface area contributed by atoms with Gasteiger partial charge in [-0.1, -0.05) is 17.7 Å². The van der Waals surface area contributed by atoms with Crippen LogP contribution in [0.1, 0.15) is 24.9 Å². The first-order valence-corrected chi connectivity index (χ1v) is 5.92. The van der Waals surface area contributed by atoms with Gasteiger partial charge < -0.3 is 10.6 Å². The highest BCUT2D eigenvalue weighted by Crippen LogP contribution is 2.24. The van der Waals surface area contributed by atoms with Crippen molar-refractivity contribution in [3.05, 3.63) is 34.6 Å². The van der Waals surface area contributed by atoms with E-state index in [0.717, 1.165) is 5.56 Å². The van der Waals surface area contributed by atoms with E-state index in [1.807, 2.05) is 6.92 Å². The molecule has 1 amide bonds. The molecule has 5 heteroatoms. The molecular formula is C12H14ClFN2O. The van der Waals surface area contributed by atoms with Gasteiger partial charge >= 0.3 is 0 Å². The van der Waals surface area contributed by atoms with E-state index >= 15 is 0 Å². The number of halogens is 2. The number of carbonyl (C=O) groups is 1. The third-order valence-corrected chi connectivity index (χ3v) is 3.22. The van der Waals surface area contributed by atoms with Crippen LogP contribution in [0, 0.1) is 5.82 Å². The van der Waals surface area contributed by atoms with Gasteiger partial charge in [-0.3, -0.25) is 4.79 Å². The van der Waals surface area contributed by atoms with Crippen LogP contribution in [-0.4, -0.2) is 18.5 Å². The van der Waals surface area contributed by atoms with Gasteiger partial charge in [-0.25, -0.2) is 4.39 Å². The molecule has 1 aromatic carbocycles. The molecule has 17 heavy (non-hydrogen) atoms. The van der Waals surface area contributed by atoms with Crippen molar-refractivity contribution in [3.63, 3.8) is 0 Å². The zero-order valence-electron chi connectivity index (χ0n) is 9.47. The normalized spacial score (nSPS) is 21.4. The van der Waals surface area contributed by atoms with Crippen LogP contribution >= 0.6 is 11.6 Å². The van der Waals surface area contributed by atoms with E-state index in [1.54, 1.807) is 6.07 Å². The highest BCUT2D eigenvalue weighted by molar-refractivity contribution is 6.31. The number of amides is 1. The van der Waals surface area contributed by atoms with Crippen molar-refractivity contribution in [1.82, 2.24) is 10.6 Å². The molecule has 1 saturated heterocycles. The quantitative estimate of drug-likeness (QED) is 0.869. The smallest absolute Gasteiger partial charge is 0.221 e. The van der Waals surface area contributed by atoms with Gasteiger partial charge in [-0.2, -0.15) is 0 Å². The molecule has 92 valence electrons. The summed E-state index contributed by atoms with van der Waals surface area (Å²) in [5.74, 6) is -0.288. The summed E-state index contributed by atoms with van der Waals surface area (Å²) < 4.78 is 12.9. The van der Waals surface area contributed by atoms with Gasteiger partial charge in [0.2, 0.25) is 5.91 Å². The molecule has 1 heterocycles. The Kier molecular flexibility index (Phi) is 3.64. The number of benzene rings is 1. The molecule has 1 aromatic rings. The topological polar surface area (TPSA) is 41.1 Å². The third-order valence-electron chi connectivity index (χ3n) is 2.89. The van der Waals surface area contributed by atoms with E-state index in [9.17, 15) is 9.18 Å². The van der Waals surface area contributed by atoms with Crippen molar-refractivity contribution in [3.8, 4) is 0 Å². The Balaban J connectivity index is 2.04. The minimum absolute atomic E-state index is 0.0131. The van der Waals surface area contributed by atoms with Crippen molar-refractivity contribution in [2.75, 3.05) is 6.54 Å². The summed E-state index contributed by atoms with van der Waals surface area (Å²) in [6.45, 7) is 2.57. The first kappa shape index (κ1) is 12.3. The molecule has 0 spiro atoms. The van der Waals surface area contributed by atoms with Crippen molar-refractivity contribution >= 4 is 17.5 Å². The zero-order chi connectivity index (χ0) is 12.4. The standard InChI is InChI=1S/C12H14ClFN2O/c1-7(16-9-5-12(17)15-6-9)10-3-2-8(14)4-11(10)13/h2-4,7,9,16H,5-6H2,1H3,(H,15,17). The Morgan fingerprint density at radius 1 is 1.59 bits per heavy atom. The molecule has 1 aliphatic rings. The summed E-state index contributed by atoms with van der Waals surface area (Å²) in [4.78, 5) is 11.1. The average Bonchev–Trinajstić information content (AvgIpc) is 2.63. The maximum atomic E-state index is 12.9. The van der Waals surface area contributed by atoms with E-state index in [1.165, 1.54) is 12.1 Å². The molecule has 3 nitrogen and oxygen atoms in total. The average molecular weight is 257 g/mol. The SMILES string of the molecule is CC(NC1CNC(=O)C1)c1ccc(F)cc1Cl. The maximum Gasteiger partial charge on any atom is 0.221 e. The fraction of sp³-hybridized carbons (Fsp3) is 0.417. The van der Waals surface area contributed by atoms with Gasteiger partial charge in [0.15, 0.2) is 0 Å². The number of rotatable bonds is 3. The summed E-state index contributed by atoms with van der Waals surface area (Å²) in [6.07, 6.45) is 0.475. The molecule has 2 N–H and O–H groups in total. The molecule has 0 aliphatic carbocycles. The summed E-state index contributed by atoms with van der Waals surface area (Å²) in [6, 6.07) is 4.45. The minimum Gasteiger partial charge on any atom is -0.354 e. The number of carbonyl (C=O) groups excluding carboxylic acids is 1. The predicted octanol–water partition coefficient (Wildman–Crippen LogP) is 2.02. The molecule has 0 aromatic heterocycles. The first-order chi connectivity index (χ1) is 8.06. The molecule has 0 radical (unpaired) electrons. The second-order valence-electron chi connectivity index (χ2n) is 4.26. The van der Waals surface area contributed by atoms with E-state index in [-0.39, 0.29) is 23.8 Å². The third kappa shape index (κ3) is 2.96. The van der Waals surface area contributed by atoms with Crippen LogP contribution in [0.15, 0.2) is 18.2 Å². The van der Waals surface area contributed by atoms with Crippen LogP contribution in [-0.2, 0) is 4.79 Å². The van der Waals surface area contributed by atoms with Crippen molar-refractivity contribution in [1.29, 1.82) is 0 Å². The lowest BCUT2D eigenvalue weighted by Gasteiger charge is -2.19. The van der Waals surface area contributed by atoms with Crippen LogP contribution < -0.4 is 10.6 Å². The van der Waals surface area contributed by atoms with Gasteiger partial charge in [-0.05, 0) is 24.6 Å². The number of hydrogen-bond donors (Lipinski definition) is 2. The van der Waals surface area contributed by atoms with Gasteiger partial charge in [0.1, 0.15) is 5.82 Å². The van der Waals surface area contributed by atoms with E-state index in [2.05, 4.69) is 10.6 Å². The maximum absolute atomic E-state index is 12.9. The fourth-order valence-electron chi connectivity index (χ4n) is 2.02. The number of hydrogen-bond acceptors (Lipinski definition) is 2. The van der Waals surface area contributed by atoms with E-state index in [4.69, 9.17) is 11.6 Å². The van der Waals surface area contributed by atoms with Crippen LogP contribution in [0.25, 0.3) is 0 Å². The lowest BCUT2D eigenvalue weighted by Crippen LogP contribution is -2.33. The minimum atomic E-state index is -0.344. The summed E-state index contributed by atoms with van der Waals surface area (Å²) in [5.41, 5.74) is 0.840. The largest absolute Gasteiger partial charge is 0.354 e. The van der Waals surface area contributed by atoms with Crippen LogP contribution in [0.2, 0.25) is 5.02 Å². The van der Waals surface area contributed by atoms with Gasteiger partial charge in [0, 0.05) is 30.1 Å². The van der Waals surface area contributed by atoms with E-state index < -0.39 is 0 Å². The molecule has 2 rings (SSSR count). The van der Waals surface area contributed by atoms with Crippen LogP contribution in [0.4, 0.5) is 4.39 Å². The van der Waals surface area contributed by atoms with Gasteiger partial charge in [0.05, 0.1) is 0 Å². The van der Waals surface area contributed by atoms with Crippen molar-refractivity contribution in [2.45, 2.75) is 25.4 Å². The van der Waals surface area contributed by atoms with Gasteiger partial charge in [-0.15, -0.1) is 0 Å². The Labute approximate surface area is 104 Å². The monoisotopic (exact) mass is 256 g/mol. The lowest BCUT2D eigenvalue weighted by molar-refractivity contribution is -0.119. The molecule has 2 atom stereocenters. The van der Waals surface area contributed by atoms with Crippen LogP contribution in [0.3, 0.4) is 0 Å². The van der Waals surface area contributed by atoms with Gasteiger partial charge in [0.25, 0.3) is 0 Å². The Morgan fingerprint density at radius 2 is 2.35 bits per heavy atom. The van der Waals surface area contributed by atoms with Crippen molar-refractivity contribution in [2.24, 2.45) is 0 Å². The number of nitrogens with one attached hydrogen (secondary N) is 2.